The van der Waals surface area contributed by atoms with Gasteiger partial charge in [0, 0.05) is 21.3 Å². The average molecular weight is 550 g/mol. The Kier molecular flexibility index (Phi) is 4.95. The Hall–Kier alpha value is -4.03. The molecular weight excluding hydrogens is 530 g/mol. The molecule has 0 aromatic heterocycles. The average Bonchev–Trinajstić information content (AvgIpc) is 3.19. The molecule has 0 unspecified atom stereocenters. The van der Waals surface area contributed by atoms with Crippen LogP contribution in [0.1, 0.15) is 17.0 Å². The van der Waals surface area contributed by atoms with Crippen molar-refractivity contribution in [3.05, 3.63) is 113 Å². The fraction of sp³-hybridized carbons (Fsp3) is 0.129. The van der Waals surface area contributed by atoms with Crippen molar-refractivity contribution in [2.24, 2.45) is 17.8 Å². The lowest BCUT2D eigenvalue weighted by atomic mass is 9.64. The van der Waals surface area contributed by atoms with Crippen molar-refractivity contribution in [2.45, 2.75) is 5.92 Å². The number of rotatable bonds is 2. The summed E-state index contributed by atoms with van der Waals surface area (Å²) in [5.74, 6) is -3.41. The van der Waals surface area contributed by atoms with Crippen molar-refractivity contribution in [3.63, 3.8) is 0 Å². The Labute approximate surface area is 221 Å². The molecule has 0 radical (unpaired) electrons. The summed E-state index contributed by atoms with van der Waals surface area (Å²) in [6.07, 6.45) is 2.02. The van der Waals surface area contributed by atoms with Gasteiger partial charge >= 0.3 is 5.97 Å². The van der Waals surface area contributed by atoms with E-state index in [1.54, 1.807) is 24.3 Å². The molecule has 37 heavy (non-hydrogen) atoms. The van der Waals surface area contributed by atoms with E-state index in [9.17, 15) is 14.4 Å². The molecule has 4 aromatic carbocycles. The van der Waals surface area contributed by atoms with E-state index in [1.165, 1.54) is 4.90 Å². The fourth-order valence-electron chi connectivity index (χ4n) is 6.13. The number of imide groups is 1. The fourth-order valence-corrected chi connectivity index (χ4v) is 6.40. The molecule has 0 bridgehead atoms. The molecule has 6 heteroatoms. The van der Waals surface area contributed by atoms with Gasteiger partial charge in [-0.05, 0) is 40.8 Å². The molecule has 0 N–H and O–H groups in total. The molecule has 5 nitrogen and oxygen atoms in total. The SMILES string of the molecule is O=C1Oc2c(ccc3ccccc23)C2=C[C@H](c3ccccc3)[C@@H]3C(=O)N(c4ccc(Br)cc4)C(=O)[C@H]3[C@@H]12. The van der Waals surface area contributed by atoms with Gasteiger partial charge in [0.05, 0.1) is 23.4 Å². The largest absolute Gasteiger partial charge is 0.425 e. The van der Waals surface area contributed by atoms with E-state index in [1.807, 2.05) is 72.8 Å². The molecule has 4 aromatic rings. The normalized spacial score (nSPS) is 24.3. The number of nitrogens with zero attached hydrogens (tertiary/aromatic N) is 1. The number of halogens is 1. The van der Waals surface area contributed by atoms with E-state index >= 15 is 0 Å². The number of carbonyl (C=O) groups excluding carboxylic acids is 3. The quantitative estimate of drug-likeness (QED) is 0.171. The van der Waals surface area contributed by atoms with Crippen LogP contribution in [-0.2, 0) is 14.4 Å². The Morgan fingerprint density at radius 3 is 2.22 bits per heavy atom. The zero-order valence-electron chi connectivity index (χ0n) is 19.5. The lowest BCUT2D eigenvalue weighted by molar-refractivity contribution is -0.142. The summed E-state index contributed by atoms with van der Waals surface area (Å²) in [4.78, 5) is 42.8. The number of hydrogen-bond acceptors (Lipinski definition) is 4. The van der Waals surface area contributed by atoms with E-state index in [2.05, 4.69) is 15.9 Å². The minimum Gasteiger partial charge on any atom is -0.425 e. The number of ether oxygens (including phenoxy) is 1. The van der Waals surface area contributed by atoms with E-state index in [-0.39, 0.29) is 17.7 Å². The van der Waals surface area contributed by atoms with E-state index < -0.39 is 23.7 Å². The second kappa shape index (κ2) is 8.25. The maximum Gasteiger partial charge on any atom is 0.319 e. The number of amides is 2. The second-order valence-corrected chi connectivity index (χ2v) is 10.6. The van der Waals surface area contributed by atoms with Gasteiger partial charge in [-0.3, -0.25) is 14.4 Å². The van der Waals surface area contributed by atoms with Crippen LogP contribution in [-0.4, -0.2) is 17.8 Å². The van der Waals surface area contributed by atoms with Crippen LogP contribution in [0.25, 0.3) is 16.3 Å². The number of esters is 1. The van der Waals surface area contributed by atoms with Crippen LogP contribution in [0.15, 0.2) is 102 Å². The van der Waals surface area contributed by atoms with Crippen molar-refractivity contribution in [2.75, 3.05) is 4.90 Å². The van der Waals surface area contributed by atoms with Crippen LogP contribution in [0.3, 0.4) is 0 Å². The summed E-state index contributed by atoms with van der Waals surface area (Å²) in [5.41, 5.74) is 2.98. The van der Waals surface area contributed by atoms with Crippen LogP contribution in [0, 0.1) is 17.8 Å². The minimum atomic E-state index is -0.853. The predicted octanol–water partition coefficient (Wildman–Crippen LogP) is 6.12. The highest BCUT2D eigenvalue weighted by molar-refractivity contribution is 9.10. The molecule has 4 atom stereocenters. The van der Waals surface area contributed by atoms with Gasteiger partial charge in [-0.25, -0.2) is 4.90 Å². The van der Waals surface area contributed by atoms with Gasteiger partial charge < -0.3 is 4.74 Å². The first-order chi connectivity index (χ1) is 18.0. The molecule has 0 saturated carbocycles. The molecule has 2 aliphatic heterocycles. The van der Waals surface area contributed by atoms with Crippen molar-refractivity contribution >= 4 is 55.7 Å². The van der Waals surface area contributed by atoms with Crippen LogP contribution in [0.4, 0.5) is 5.69 Å². The molecule has 3 aliphatic rings. The first-order valence-electron chi connectivity index (χ1n) is 12.2. The van der Waals surface area contributed by atoms with Crippen LogP contribution in [0.5, 0.6) is 5.75 Å². The summed E-state index contributed by atoms with van der Waals surface area (Å²) in [5, 5.41) is 1.81. The van der Waals surface area contributed by atoms with Crippen molar-refractivity contribution in [1.82, 2.24) is 0 Å². The smallest absolute Gasteiger partial charge is 0.319 e. The standard InChI is InChI=1S/C31H20BrNO4/c32-19-11-13-20(14-12-19)33-29(34)25-23(17-6-2-1-3-7-17)16-24-22-15-10-18-8-4-5-9-21(18)28(22)37-31(36)26(24)27(25)30(33)35/h1-16,23,25-27H/t23-,25+,26+,27-/m1/s1. The van der Waals surface area contributed by atoms with Gasteiger partial charge in [0.15, 0.2) is 0 Å². The van der Waals surface area contributed by atoms with Crippen molar-refractivity contribution in [3.8, 4) is 5.75 Å². The summed E-state index contributed by atoms with van der Waals surface area (Å²) in [7, 11) is 0. The number of allylic oxidation sites excluding steroid dienone is 1. The molecule has 2 amide bonds. The maximum atomic E-state index is 14.0. The Morgan fingerprint density at radius 1 is 0.730 bits per heavy atom. The van der Waals surface area contributed by atoms with Crippen LogP contribution >= 0.6 is 15.9 Å². The summed E-state index contributed by atoms with van der Waals surface area (Å²) in [6.45, 7) is 0. The van der Waals surface area contributed by atoms with Crippen LogP contribution in [0.2, 0.25) is 0 Å². The Balaban J connectivity index is 1.44. The summed E-state index contributed by atoms with van der Waals surface area (Å²) >= 11 is 3.41. The minimum absolute atomic E-state index is 0.293. The highest BCUT2D eigenvalue weighted by Gasteiger charge is 2.60. The maximum absolute atomic E-state index is 14.0. The van der Waals surface area contributed by atoms with Gasteiger partial charge in [-0.2, -0.15) is 0 Å². The van der Waals surface area contributed by atoms with Gasteiger partial charge in [0.25, 0.3) is 0 Å². The first-order valence-corrected chi connectivity index (χ1v) is 13.0. The molecule has 0 spiro atoms. The van der Waals surface area contributed by atoms with Crippen molar-refractivity contribution in [1.29, 1.82) is 0 Å². The topological polar surface area (TPSA) is 63.7 Å². The third-order valence-corrected chi connectivity index (χ3v) is 8.28. The number of hydrogen-bond donors (Lipinski definition) is 0. The van der Waals surface area contributed by atoms with Gasteiger partial charge in [0.2, 0.25) is 11.8 Å². The monoisotopic (exact) mass is 549 g/mol. The molecule has 1 fully saturated rings. The molecule has 7 rings (SSSR count). The lowest BCUT2D eigenvalue weighted by Gasteiger charge is -2.38. The summed E-state index contributed by atoms with van der Waals surface area (Å²) in [6, 6.07) is 28.5. The molecule has 180 valence electrons. The zero-order chi connectivity index (χ0) is 25.3. The van der Waals surface area contributed by atoms with Gasteiger partial charge in [-0.15, -0.1) is 0 Å². The third-order valence-electron chi connectivity index (χ3n) is 7.75. The molecule has 1 aliphatic carbocycles. The number of carbonyl (C=O) groups is 3. The van der Waals surface area contributed by atoms with E-state index in [0.717, 1.165) is 31.9 Å². The zero-order valence-corrected chi connectivity index (χ0v) is 21.1. The summed E-state index contributed by atoms with van der Waals surface area (Å²) < 4.78 is 6.78. The number of anilines is 1. The highest BCUT2D eigenvalue weighted by Crippen LogP contribution is 2.55. The lowest BCUT2D eigenvalue weighted by Crippen LogP contribution is -2.42. The Bertz CT molecular complexity index is 1640. The first kappa shape index (κ1) is 22.2. The van der Waals surface area contributed by atoms with E-state index in [0.29, 0.717) is 11.4 Å². The van der Waals surface area contributed by atoms with Crippen LogP contribution < -0.4 is 9.64 Å². The number of benzene rings is 4. The van der Waals surface area contributed by atoms with Gasteiger partial charge in [0.1, 0.15) is 5.75 Å². The number of fused-ring (bicyclic) bond motifs is 7. The molecule has 1 saturated heterocycles. The highest BCUT2D eigenvalue weighted by atomic mass is 79.9. The third kappa shape index (κ3) is 3.25. The predicted molar refractivity (Wildman–Crippen MR) is 144 cm³/mol. The molecular formula is C31H20BrNO4. The van der Waals surface area contributed by atoms with Gasteiger partial charge in [-0.1, -0.05) is 88.7 Å². The van der Waals surface area contributed by atoms with Crippen molar-refractivity contribution < 1.29 is 19.1 Å². The van der Waals surface area contributed by atoms with E-state index in [4.69, 9.17) is 4.74 Å². The Morgan fingerprint density at radius 2 is 1.43 bits per heavy atom. The molecule has 2 heterocycles. The second-order valence-electron chi connectivity index (χ2n) is 9.66.